The van der Waals surface area contributed by atoms with Gasteiger partial charge in [-0.3, -0.25) is 10.1 Å². The summed E-state index contributed by atoms with van der Waals surface area (Å²) in [4.78, 5) is 21.1. The Bertz CT molecular complexity index is 475. The number of ether oxygens (including phenoxy) is 1. The molecule has 0 radical (unpaired) electrons. The van der Waals surface area contributed by atoms with Gasteiger partial charge in [0.25, 0.3) is 0 Å². The summed E-state index contributed by atoms with van der Waals surface area (Å²) in [6.45, 7) is 3.28. The molecule has 1 rings (SSSR count). The van der Waals surface area contributed by atoms with Crippen LogP contribution in [-0.4, -0.2) is 22.1 Å². The summed E-state index contributed by atoms with van der Waals surface area (Å²) in [6.07, 6.45) is -1.19. The Labute approximate surface area is 108 Å². The summed E-state index contributed by atoms with van der Waals surface area (Å²) in [7, 11) is 0. The van der Waals surface area contributed by atoms with E-state index in [9.17, 15) is 14.9 Å². The van der Waals surface area contributed by atoms with Gasteiger partial charge in [-0.15, -0.1) is 0 Å². The Morgan fingerprint density at radius 3 is 2.56 bits per heavy atom. The van der Waals surface area contributed by atoms with Gasteiger partial charge in [-0.1, -0.05) is 31.5 Å². The van der Waals surface area contributed by atoms with Crippen molar-refractivity contribution in [1.29, 1.82) is 0 Å². The molecule has 1 aromatic rings. The average molecular weight is 274 g/mol. The molecule has 18 heavy (non-hydrogen) atoms. The van der Waals surface area contributed by atoms with Gasteiger partial charge in [-0.2, -0.15) is 0 Å². The van der Waals surface area contributed by atoms with E-state index in [1.807, 2.05) is 0 Å². The standard InChI is InChI=1S/C11H12ClNO5/c1-6(2)9(11(14)15)18-10-7(12)4-3-5-8(10)13(16)17/h3-6,9H,1-2H3,(H,14,15). The van der Waals surface area contributed by atoms with Crippen LogP contribution in [0.5, 0.6) is 5.75 Å². The molecule has 0 aliphatic rings. The van der Waals surface area contributed by atoms with Gasteiger partial charge in [-0.25, -0.2) is 4.79 Å². The first-order valence-electron chi connectivity index (χ1n) is 5.17. The highest BCUT2D eigenvalue weighted by molar-refractivity contribution is 6.32. The number of carboxylic acids is 1. The van der Waals surface area contributed by atoms with Crippen molar-refractivity contribution in [3.63, 3.8) is 0 Å². The molecule has 1 atom stereocenters. The number of para-hydroxylation sites is 1. The lowest BCUT2D eigenvalue weighted by atomic mass is 10.1. The van der Waals surface area contributed by atoms with Crippen LogP contribution in [0.15, 0.2) is 18.2 Å². The molecular formula is C11H12ClNO5. The van der Waals surface area contributed by atoms with E-state index in [0.29, 0.717) is 0 Å². The first kappa shape index (κ1) is 14.2. The van der Waals surface area contributed by atoms with E-state index in [1.54, 1.807) is 13.8 Å². The molecule has 0 aliphatic carbocycles. The van der Waals surface area contributed by atoms with Crippen molar-refractivity contribution in [3.05, 3.63) is 33.3 Å². The van der Waals surface area contributed by atoms with Crippen molar-refractivity contribution in [2.75, 3.05) is 0 Å². The first-order chi connectivity index (χ1) is 8.34. The molecule has 0 heterocycles. The van der Waals surface area contributed by atoms with Gasteiger partial charge in [-0.05, 0) is 6.07 Å². The number of nitrogens with zero attached hydrogens (tertiary/aromatic N) is 1. The maximum absolute atomic E-state index is 11.0. The maximum Gasteiger partial charge on any atom is 0.345 e. The molecular weight excluding hydrogens is 262 g/mol. The van der Waals surface area contributed by atoms with Gasteiger partial charge in [0.2, 0.25) is 5.75 Å². The number of halogens is 1. The first-order valence-corrected chi connectivity index (χ1v) is 5.54. The van der Waals surface area contributed by atoms with Crippen molar-refractivity contribution < 1.29 is 19.6 Å². The van der Waals surface area contributed by atoms with Crippen LogP contribution in [0.2, 0.25) is 5.02 Å². The van der Waals surface area contributed by atoms with Crippen molar-refractivity contribution in [1.82, 2.24) is 0 Å². The van der Waals surface area contributed by atoms with Crippen molar-refractivity contribution in [2.24, 2.45) is 5.92 Å². The lowest BCUT2D eigenvalue weighted by molar-refractivity contribution is -0.386. The zero-order chi connectivity index (χ0) is 13.9. The van der Waals surface area contributed by atoms with Gasteiger partial charge < -0.3 is 9.84 Å². The van der Waals surface area contributed by atoms with E-state index in [-0.39, 0.29) is 22.4 Å². The maximum atomic E-state index is 11.0. The van der Waals surface area contributed by atoms with Crippen LogP contribution in [0.1, 0.15) is 13.8 Å². The number of aliphatic carboxylic acids is 1. The molecule has 0 amide bonds. The summed E-state index contributed by atoms with van der Waals surface area (Å²) in [5.41, 5.74) is -0.352. The summed E-state index contributed by atoms with van der Waals surface area (Å²) in [5.74, 6) is -1.76. The fraction of sp³-hybridized carbons (Fsp3) is 0.364. The molecule has 0 bridgehead atoms. The van der Waals surface area contributed by atoms with Gasteiger partial charge >= 0.3 is 11.7 Å². The molecule has 1 aromatic carbocycles. The molecule has 0 saturated carbocycles. The monoisotopic (exact) mass is 273 g/mol. The third-order valence-corrected chi connectivity index (χ3v) is 2.53. The molecule has 0 spiro atoms. The highest BCUT2D eigenvalue weighted by Gasteiger charge is 2.28. The predicted molar refractivity (Wildman–Crippen MR) is 65.0 cm³/mol. The zero-order valence-corrected chi connectivity index (χ0v) is 10.5. The third-order valence-electron chi connectivity index (χ3n) is 2.24. The second-order valence-corrected chi connectivity index (χ2v) is 4.37. The van der Waals surface area contributed by atoms with Crippen LogP contribution >= 0.6 is 11.6 Å². The fourth-order valence-electron chi connectivity index (χ4n) is 1.36. The Morgan fingerprint density at radius 2 is 2.11 bits per heavy atom. The van der Waals surface area contributed by atoms with Crippen LogP contribution < -0.4 is 4.74 Å². The average Bonchev–Trinajstić information content (AvgIpc) is 2.25. The lowest BCUT2D eigenvalue weighted by Crippen LogP contribution is -2.32. The van der Waals surface area contributed by atoms with Gasteiger partial charge in [0.1, 0.15) is 0 Å². The SMILES string of the molecule is CC(C)C(Oc1c(Cl)cccc1[N+](=O)[O-])C(=O)O. The van der Waals surface area contributed by atoms with Gasteiger partial charge in [0.15, 0.2) is 6.10 Å². The number of rotatable bonds is 5. The zero-order valence-electron chi connectivity index (χ0n) is 9.79. The van der Waals surface area contributed by atoms with E-state index in [2.05, 4.69) is 0 Å². The van der Waals surface area contributed by atoms with E-state index in [4.69, 9.17) is 21.4 Å². The molecule has 0 aliphatic heterocycles. The number of carbonyl (C=O) groups is 1. The summed E-state index contributed by atoms with van der Waals surface area (Å²) in [6, 6.07) is 4.02. The molecule has 7 heteroatoms. The number of carboxylic acid groups (broad SMARTS) is 1. The molecule has 0 fully saturated rings. The highest BCUT2D eigenvalue weighted by atomic mass is 35.5. The molecule has 1 N–H and O–H groups in total. The minimum absolute atomic E-state index is 0.0103. The Kier molecular flexibility index (Phi) is 4.49. The molecule has 0 aromatic heterocycles. The minimum Gasteiger partial charge on any atom is -0.478 e. The van der Waals surface area contributed by atoms with Gasteiger partial charge in [0.05, 0.1) is 9.95 Å². The predicted octanol–water partition coefficient (Wildman–Crippen LogP) is 2.74. The highest BCUT2D eigenvalue weighted by Crippen LogP contribution is 2.35. The molecule has 98 valence electrons. The van der Waals surface area contributed by atoms with Crippen molar-refractivity contribution >= 4 is 23.3 Å². The summed E-state index contributed by atoms with van der Waals surface area (Å²) in [5, 5.41) is 19.8. The number of nitro groups is 1. The van der Waals surface area contributed by atoms with Crippen molar-refractivity contribution in [3.8, 4) is 5.75 Å². The second-order valence-electron chi connectivity index (χ2n) is 3.97. The fourth-order valence-corrected chi connectivity index (χ4v) is 1.57. The van der Waals surface area contributed by atoms with Crippen LogP contribution in [0.25, 0.3) is 0 Å². The van der Waals surface area contributed by atoms with Crippen LogP contribution in [0.3, 0.4) is 0 Å². The van der Waals surface area contributed by atoms with Gasteiger partial charge in [0, 0.05) is 12.0 Å². The normalized spacial score (nSPS) is 12.2. The lowest BCUT2D eigenvalue weighted by Gasteiger charge is -2.18. The van der Waals surface area contributed by atoms with Crippen molar-refractivity contribution in [2.45, 2.75) is 20.0 Å². The third kappa shape index (κ3) is 3.10. The van der Waals surface area contributed by atoms with E-state index in [1.165, 1.54) is 18.2 Å². The van der Waals surface area contributed by atoms with Crippen LogP contribution in [0, 0.1) is 16.0 Å². The number of hydrogen-bond donors (Lipinski definition) is 1. The quantitative estimate of drug-likeness (QED) is 0.658. The smallest absolute Gasteiger partial charge is 0.345 e. The van der Waals surface area contributed by atoms with E-state index >= 15 is 0 Å². The molecule has 6 nitrogen and oxygen atoms in total. The second kappa shape index (κ2) is 5.68. The Hall–Kier alpha value is -1.82. The summed E-state index contributed by atoms with van der Waals surface area (Å²) >= 11 is 5.80. The number of benzene rings is 1. The summed E-state index contributed by atoms with van der Waals surface area (Å²) < 4.78 is 5.19. The van der Waals surface area contributed by atoms with E-state index < -0.39 is 17.0 Å². The largest absolute Gasteiger partial charge is 0.478 e. The molecule has 0 saturated heterocycles. The topological polar surface area (TPSA) is 89.7 Å². The Balaban J connectivity index is 3.16. The number of nitro benzene ring substituents is 1. The molecule has 1 unspecified atom stereocenters. The van der Waals surface area contributed by atoms with Crippen LogP contribution in [-0.2, 0) is 4.79 Å². The van der Waals surface area contributed by atoms with E-state index in [0.717, 1.165) is 0 Å². The number of hydrogen-bond acceptors (Lipinski definition) is 4. The minimum atomic E-state index is -1.20. The van der Waals surface area contributed by atoms with Crippen LogP contribution in [0.4, 0.5) is 5.69 Å². The Morgan fingerprint density at radius 1 is 1.50 bits per heavy atom.